The first-order chi connectivity index (χ1) is 7.39. The second-order valence-corrected chi connectivity index (χ2v) is 5.40. The van der Waals surface area contributed by atoms with Crippen LogP contribution in [0.5, 0.6) is 0 Å². The Hall–Kier alpha value is -1.22. The Bertz CT molecular complexity index is 435. The van der Waals surface area contributed by atoms with Crippen molar-refractivity contribution >= 4 is 23.3 Å². The largest absolute Gasteiger partial charge is 0.478 e. The van der Waals surface area contributed by atoms with Crippen molar-refractivity contribution in [3.8, 4) is 0 Å². The lowest BCUT2D eigenvalue weighted by Gasteiger charge is -2.47. The first kappa shape index (κ1) is 11.3. The molecule has 0 spiro atoms. The average molecular weight is 240 g/mol. The minimum atomic E-state index is -0.986. The van der Waals surface area contributed by atoms with Gasteiger partial charge in [0.15, 0.2) is 0 Å². The Labute approximate surface area is 99.6 Å². The van der Waals surface area contributed by atoms with Crippen LogP contribution in [0.3, 0.4) is 0 Å². The number of rotatable bonds is 2. The lowest BCUT2D eigenvalue weighted by atomic mass is 9.84. The van der Waals surface area contributed by atoms with E-state index in [4.69, 9.17) is 16.7 Å². The molecule has 0 unspecified atom stereocenters. The molecule has 0 bridgehead atoms. The van der Waals surface area contributed by atoms with E-state index in [1.165, 1.54) is 0 Å². The molecule has 1 heterocycles. The molecule has 1 aromatic rings. The Kier molecular flexibility index (Phi) is 2.58. The molecule has 0 radical (unpaired) electrons. The standard InChI is InChI=1S/C12H14ClNO2/c1-12(2)6-14(7-12)8-3-4-9(11(15)16)10(13)5-8/h3-5H,6-7H2,1-2H3,(H,15,16). The molecule has 1 aliphatic rings. The van der Waals surface area contributed by atoms with Gasteiger partial charge in [0.1, 0.15) is 0 Å². The van der Waals surface area contributed by atoms with Crippen LogP contribution in [-0.2, 0) is 0 Å². The third kappa shape index (κ3) is 2.00. The summed E-state index contributed by atoms with van der Waals surface area (Å²) in [5.74, 6) is -0.986. The van der Waals surface area contributed by atoms with Crippen LogP contribution in [0.25, 0.3) is 0 Å². The van der Waals surface area contributed by atoms with Crippen LogP contribution in [0.2, 0.25) is 5.02 Å². The maximum absolute atomic E-state index is 10.8. The summed E-state index contributed by atoms with van der Waals surface area (Å²) < 4.78 is 0. The van der Waals surface area contributed by atoms with Gasteiger partial charge in [-0.15, -0.1) is 0 Å². The number of aromatic carboxylic acids is 1. The highest BCUT2D eigenvalue weighted by atomic mass is 35.5. The summed E-state index contributed by atoms with van der Waals surface area (Å²) in [6.07, 6.45) is 0. The van der Waals surface area contributed by atoms with Crippen LogP contribution in [-0.4, -0.2) is 24.2 Å². The van der Waals surface area contributed by atoms with Crippen molar-refractivity contribution in [2.45, 2.75) is 13.8 Å². The number of hydrogen-bond donors (Lipinski definition) is 1. The van der Waals surface area contributed by atoms with Gasteiger partial charge < -0.3 is 10.0 Å². The number of carboxylic acid groups (broad SMARTS) is 1. The third-order valence-corrected chi connectivity index (χ3v) is 3.10. The number of benzene rings is 1. The van der Waals surface area contributed by atoms with Gasteiger partial charge in [0.05, 0.1) is 10.6 Å². The SMILES string of the molecule is CC1(C)CN(c2ccc(C(=O)O)c(Cl)c2)C1. The molecule has 4 heteroatoms. The second-order valence-electron chi connectivity index (χ2n) is 4.99. The topological polar surface area (TPSA) is 40.5 Å². The summed E-state index contributed by atoms with van der Waals surface area (Å²) in [6, 6.07) is 5.09. The molecule has 1 N–H and O–H groups in total. The van der Waals surface area contributed by atoms with E-state index in [0.717, 1.165) is 18.8 Å². The summed E-state index contributed by atoms with van der Waals surface area (Å²) >= 11 is 5.91. The van der Waals surface area contributed by atoms with Gasteiger partial charge in [-0.05, 0) is 23.6 Å². The van der Waals surface area contributed by atoms with E-state index in [1.54, 1.807) is 12.1 Å². The zero-order chi connectivity index (χ0) is 11.9. The maximum Gasteiger partial charge on any atom is 0.337 e. The highest BCUT2D eigenvalue weighted by molar-refractivity contribution is 6.33. The smallest absolute Gasteiger partial charge is 0.337 e. The minimum absolute atomic E-state index is 0.158. The van der Waals surface area contributed by atoms with E-state index in [-0.39, 0.29) is 5.56 Å². The fourth-order valence-electron chi connectivity index (χ4n) is 2.04. The predicted octanol–water partition coefficient (Wildman–Crippen LogP) is 2.88. The fraction of sp³-hybridized carbons (Fsp3) is 0.417. The van der Waals surface area contributed by atoms with Gasteiger partial charge in [-0.25, -0.2) is 4.79 Å². The molecular weight excluding hydrogens is 226 g/mol. The van der Waals surface area contributed by atoms with Crippen molar-refractivity contribution in [3.05, 3.63) is 28.8 Å². The Morgan fingerprint density at radius 3 is 2.50 bits per heavy atom. The number of carbonyl (C=O) groups is 1. The monoisotopic (exact) mass is 239 g/mol. The van der Waals surface area contributed by atoms with Crippen LogP contribution in [0.4, 0.5) is 5.69 Å². The van der Waals surface area contributed by atoms with E-state index >= 15 is 0 Å². The normalized spacial score (nSPS) is 18.1. The van der Waals surface area contributed by atoms with Crippen LogP contribution in [0.1, 0.15) is 24.2 Å². The van der Waals surface area contributed by atoms with Crippen molar-refractivity contribution in [2.75, 3.05) is 18.0 Å². The zero-order valence-corrected chi connectivity index (χ0v) is 10.1. The summed E-state index contributed by atoms with van der Waals surface area (Å²) in [5, 5.41) is 9.15. The molecule has 0 atom stereocenters. The van der Waals surface area contributed by atoms with Crippen molar-refractivity contribution in [1.82, 2.24) is 0 Å². The average Bonchev–Trinajstić information content (AvgIpc) is 2.13. The molecule has 0 aliphatic carbocycles. The van der Waals surface area contributed by atoms with E-state index in [2.05, 4.69) is 18.7 Å². The summed E-state index contributed by atoms with van der Waals surface area (Å²) in [5.41, 5.74) is 1.50. The van der Waals surface area contributed by atoms with Crippen molar-refractivity contribution in [3.63, 3.8) is 0 Å². The molecule has 86 valence electrons. The first-order valence-electron chi connectivity index (χ1n) is 5.17. The van der Waals surface area contributed by atoms with E-state index in [0.29, 0.717) is 10.4 Å². The van der Waals surface area contributed by atoms with Crippen molar-refractivity contribution < 1.29 is 9.90 Å². The molecule has 1 fully saturated rings. The summed E-state index contributed by atoms with van der Waals surface area (Å²) in [6.45, 7) is 6.37. The van der Waals surface area contributed by atoms with Gasteiger partial charge in [-0.1, -0.05) is 25.4 Å². The van der Waals surface area contributed by atoms with Gasteiger partial charge >= 0.3 is 5.97 Å². The lowest BCUT2D eigenvalue weighted by molar-refractivity contribution is 0.0697. The Morgan fingerprint density at radius 2 is 2.06 bits per heavy atom. The molecule has 1 aliphatic heterocycles. The maximum atomic E-state index is 10.8. The number of anilines is 1. The summed E-state index contributed by atoms with van der Waals surface area (Å²) in [4.78, 5) is 13.0. The van der Waals surface area contributed by atoms with Crippen LogP contribution in [0, 0.1) is 5.41 Å². The lowest BCUT2D eigenvalue weighted by Crippen LogP contribution is -2.53. The predicted molar refractivity (Wildman–Crippen MR) is 64.4 cm³/mol. The second kappa shape index (κ2) is 3.67. The third-order valence-electron chi connectivity index (χ3n) is 2.79. The van der Waals surface area contributed by atoms with Crippen LogP contribution in [0.15, 0.2) is 18.2 Å². The number of nitrogens with zero attached hydrogens (tertiary/aromatic N) is 1. The molecule has 1 saturated heterocycles. The van der Waals surface area contributed by atoms with Crippen LogP contribution < -0.4 is 4.90 Å². The van der Waals surface area contributed by atoms with Gasteiger partial charge in [0.2, 0.25) is 0 Å². The molecule has 0 saturated carbocycles. The quantitative estimate of drug-likeness (QED) is 0.863. The molecule has 2 rings (SSSR count). The Morgan fingerprint density at radius 1 is 1.44 bits per heavy atom. The summed E-state index contributed by atoms with van der Waals surface area (Å²) in [7, 11) is 0. The van der Waals surface area contributed by atoms with Gasteiger partial charge in [0, 0.05) is 18.8 Å². The van der Waals surface area contributed by atoms with Crippen molar-refractivity contribution in [2.24, 2.45) is 5.41 Å². The van der Waals surface area contributed by atoms with E-state index in [9.17, 15) is 4.79 Å². The van der Waals surface area contributed by atoms with E-state index in [1.807, 2.05) is 6.07 Å². The van der Waals surface area contributed by atoms with Gasteiger partial charge in [-0.3, -0.25) is 0 Å². The number of halogens is 1. The molecule has 0 aromatic heterocycles. The fourth-order valence-corrected chi connectivity index (χ4v) is 2.30. The molecule has 0 amide bonds. The highest BCUT2D eigenvalue weighted by Gasteiger charge is 2.34. The van der Waals surface area contributed by atoms with Crippen LogP contribution >= 0.6 is 11.6 Å². The van der Waals surface area contributed by atoms with Crippen molar-refractivity contribution in [1.29, 1.82) is 0 Å². The minimum Gasteiger partial charge on any atom is -0.478 e. The van der Waals surface area contributed by atoms with Gasteiger partial charge in [-0.2, -0.15) is 0 Å². The highest BCUT2D eigenvalue weighted by Crippen LogP contribution is 2.35. The zero-order valence-electron chi connectivity index (χ0n) is 9.33. The molecule has 1 aromatic carbocycles. The molecule has 16 heavy (non-hydrogen) atoms. The number of hydrogen-bond acceptors (Lipinski definition) is 2. The Balaban J connectivity index is 2.20. The number of carboxylic acids is 1. The van der Waals surface area contributed by atoms with E-state index < -0.39 is 5.97 Å². The van der Waals surface area contributed by atoms with Gasteiger partial charge in [0.25, 0.3) is 0 Å². The molecular formula is C12H14ClNO2. The first-order valence-corrected chi connectivity index (χ1v) is 5.55. The molecule has 3 nitrogen and oxygen atoms in total.